The summed E-state index contributed by atoms with van der Waals surface area (Å²) in [5, 5.41) is 0. The van der Waals surface area contributed by atoms with Crippen LogP contribution in [0.15, 0.2) is 0 Å². The summed E-state index contributed by atoms with van der Waals surface area (Å²) in [6.45, 7) is 1.36. The number of hydrogen-bond acceptors (Lipinski definition) is 3. The second-order valence-corrected chi connectivity index (χ2v) is 1.39. The maximum atomic E-state index is 11.4. The van der Waals surface area contributed by atoms with E-state index in [1.54, 1.807) is 0 Å². The Kier molecular flexibility index (Phi) is 6.57. The molecule has 0 aromatic rings. The highest BCUT2D eigenvalue weighted by molar-refractivity contribution is 6.34. The van der Waals surface area contributed by atoms with Gasteiger partial charge in [-0.1, -0.05) is 0 Å². The second-order valence-electron chi connectivity index (χ2n) is 1.39. The number of ketones is 1. The van der Waals surface area contributed by atoms with Gasteiger partial charge in [-0.3, -0.25) is 4.79 Å². The molecule has 0 amide bonds. The van der Waals surface area contributed by atoms with Gasteiger partial charge in [0.2, 0.25) is 0 Å². The summed E-state index contributed by atoms with van der Waals surface area (Å²) >= 11 is 0. The summed E-state index contributed by atoms with van der Waals surface area (Å²) in [6, 6.07) is 0. The van der Waals surface area contributed by atoms with E-state index in [4.69, 9.17) is 0 Å². The molecule has 0 bridgehead atoms. The molecule has 66 valence electrons. The first-order chi connectivity index (χ1) is 4.59. The maximum absolute atomic E-state index is 11.4. The first-order valence-electron chi connectivity index (χ1n) is 2.58. The number of carbonyl (C=O) groups is 2. The summed E-state index contributed by atoms with van der Waals surface area (Å²) in [5.41, 5.74) is 0. The van der Waals surface area contributed by atoms with Crippen molar-refractivity contribution < 1.29 is 28.6 Å². The lowest BCUT2D eigenvalue weighted by Crippen LogP contribution is -2.23. The SMILES string of the molecule is CCOC(=O)C(=O)C(F)F.O. The van der Waals surface area contributed by atoms with E-state index >= 15 is 0 Å². The van der Waals surface area contributed by atoms with E-state index < -0.39 is 18.2 Å². The van der Waals surface area contributed by atoms with E-state index in [1.165, 1.54) is 6.92 Å². The van der Waals surface area contributed by atoms with E-state index in [9.17, 15) is 18.4 Å². The van der Waals surface area contributed by atoms with Crippen LogP contribution in [-0.2, 0) is 14.3 Å². The molecule has 0 aromatic heterocycles. The first-order valence-corrected chi connectivity index (χ1v) is 2.58. The molecule has 4 nitrogen and oxygen atoms in total. The monoisotopic (exact) mass is 170 g/mol. The molecule has 0 fully saturated rings. The lowest BCUT2D eigenvalue weighted by atomic mass is 10.4. The van der Waals surface area contributed by atoms with Crippen molar-refractivity contribution in [2.24, 2.45) is 0 Å². The van der Waals surface area contributed by atoms with Crippen LogP contribution in [0.25, 0.3) is 0 Å². The van der Waals surface area contributed by atoms with Crippen LogP contribution in [-0.4, -0.2) is 30.3 Å². The Morgan fingerprint density at radius 2 is 1.91 bits per heavy atom. The average molecular weight is 170 g/mol. The summed E-state index contributed by atoms with van der Waals surface area (Å²) in [4.78, 5) is 20.1. The van der Waals surface area contributed by atoms with E-state index in [0.717, 1.165) is 0 Å². The fourth-order valence-electron chi connectivity index (χ4n) is 0.291. The number of rotatable bonds is 3. The Balaban J connectivity index is 0. The van der Waals surface area contributed by atoms with Gasteiger partial charge in [-0.05, 0) is 6.92 Å². The molecule has 0 saturated carbocycles. The van der Waals surface area contributed by atoms with Crippen LogP contribution in [0.2, 0.25) is 0 Å². The van der Waals surface area contributed by atoms with Gasteiger partial charge in [-0.15, -0.1) is 0 Å². The van der Waals surface area contributed by atoms with E-state index in [1.807, 2.05) is 0 Å². The minimum atomic E-state index is -3.26. The number of halogens is 2. The third kappa shape index (κ3) is 4.38. The number of hydrogen-bond donors (Lipinski definition) is 0. The highest BCUT2D eigenvalue weighted by Gasteiger charge is 2.25. The maximum Gasteiger partial charge on any atom is 0.380 e. The molecular weight excluding hydrogens is 162 g/mol. The Labute approximate surface area is 61.4 Å². The molecule has 0 aliphatic rings. The van der Waals surface area contributed by atoms with Crippen LogP contribution in [0, 0.1) is 0 Å². The molecule has 0 radical (unpaired) electrons. The number of esters is 1. The molecule has 11 heavy (non-hydrogen) atoms. The number of alkyl halides is 2. The predicted octanol–water partition coefficient (Wildman–Crippen LogP) is -0.441. The molecule has 0 atom stereocenters. The Hall–Kier alpha value is -1.04. The molecule has 0 aliphatic carbocycles. The molecule has 0 aliphatic heterocycles. The predicted molar refractivity (Wildman–Crippen MR) is 31.3 cm³/mol. The average Bonchev–Trinajstić information content (AvgIpc) is 1.87. The Morgan fingerprint density at radius 3 is 2.18 bits per heavy atom. The molecule has 0 spiro atoms. The second kappa shape index (κ2) is 5.72. The standard InChI is InChI=1S/C5H6F2O3.H2O/c1-2-10-5(9)3(8)4(6)7;/h4H,2H2,1H3;1H2. The minimum absolute atomic E-state index is 0. The van der Waals surface area contributed by atoms with Crippen molar-refractivity contribution in [3.05, 3.63) is 0 Å². The number of carbonyl (C=O) groups excluding carboxylic acids is 2. The van der Waals surface area contributed by atoms with Crippen LogP contribution in [0.4, 0.5) is 8.78 Å². The van der Waals surface area contributed by atoms with Crippen LogP contribution >= 0.6 is 0 Å². The van der Waals surface area contributed by atoms with Gasteiger partial charge in [0.05, 0.1) is 6.61 Å². The van der Waals surface area contributed by atoms with Crippen molar-refractivity contribution in [2.75, 3.05) is 6.61 Å². The third-order valence-corrected chi connectivity index (χ3v) is 0.675. The van der Waals surface area contributed by atoms with Crippen molar-refractivity contribution in [3.63, 3.8) is 0 Å². The van der Waals surface area contributed by atoms with E-state index in [2.05, 4.69) is 4.74 Å². The molecule has 0 rings (SSSR count). The van der Waals surface area contributed by atoms with Crippen LogP contribution in [0.5, 0.6) is 0 Å². The molecule has 0 saturated heterocycles. The smallest absolute Gasteiger partial charge is 0.380 e. The van der Waals surface area contributed by atoms with Crippen molar-refractivity contribution in [1.82, 2.24) is 0 Å². The molecular formula is C5H8F2O4. The topological polar surface area (TPSA) is 74.9 Å². The highest BCUT2D eigenvalue weighted by Crippen LogP contribution is 1.95. The first kappa shape index (κ1) is 12.6. The van der Waals surface area contributed by atoms with Gasteiger partial charge in [0.25, 0.3) is 0 Å². The van der Waals surface area contributed by atoms with Gasteiger partial charge < -0.3 is 10.2 Å². The van der Waals surface area contributed by atoms with Crippen molar-refractivity contribution in [3.8, 4) is 0 Å². The Morgan fingerprint density at radius 1 is 1.45 bits per heavy atom. The number of ether oxygens (including phenoxy) is 1. The normalized spacial score (nSPS) is 8.73. The van der Waals surface area contributed by atoms with E-state index in [0.29, 0.717) is 0 Å². The summed E-state index contributed by atoms with van der Waals surface area (Å²) < 4.78 is 26.7. The fourth-order valence-corrected chi connectivity index (χ4v) is 0.291. The van der Waals surface area contributed by atoms with Gasteiger partial charge >= 0.3 is 18.2 Å². The molecule has 2 N–H and O–H groups in total. The third-order valence-electron chi connectivity index (χ3n) is 0.675. The quantitative estimate of drug-likeness (QED) is 0.425. The number of Topliss-reactive ketones (excluding diaryl/α,β-unsaturated/α-hetero) is 1. The zero-order valence-corrected chi connectivity index (χ0v) is 5.77. The van der Waals surface area contributed by atoms with Gasteiger partial charge in [0.1, 0.15) is 0 Å². The van der Waals surface area contributed by atoms with Crippen LogP contribution in [0.1, 0.15) is 6.92 Å². The zero-order chi connectivity index (χ0) is 8.15. The van der Waals surface area contributed by atoms with Gasteiger partial charge in [0, 0.05) is 0 Å². The van der Waals surface area contributed by atoms with Gasteiger partial charge in [-0.25, -0.2) is 13.6 Å². The zero-order valence-electron chi connectivity index (χ0n) is 5.77. The summed E-state index contributed by atoms with van der Waals surface area (Å²) in [6.07, 6.45) is -3.26. The van der Waals surface area contributed by atoms with E-state index in [-0.39, 0.29) is 12.1 Å². The highest BCUT2D eigenvalue weighted by atomic mass is 19.3. The van der Waals surface area contributed by atoms with Crippen LogP contribution < -0.4 is 0 Å². The Bertz CT molecular complexity index is 145. The molecule has 0 unspecified atom stereocenters. The minimum Gasteiger partial charge on any atom is -0.460 e. The van der Waals surface area contributed by atoms with Crippen molar-refractivity contribution in [2.45, 2.75) is 13.3 Å². The van der Waals surface area contributed by atoms with Crippen molar-refractivity contribution in [1.29, 1.82) is 0 Å². The fraction of sp³-hybridized carbons (Fsp3) is 0.600. The van der Waals surface area contributed by atoms with Gasteiger partial charge in [0.15, 0.2) is 0 Å². The van der Waals surface area contributed by atoms with Crippen molar-refractivity contribution >= 4 is 11.8 Å². The van der Waals surface area contributed by atoms with Gasteiger partial charge in [-0.2, -0.15) is 0 Å². The lowest BCUT2D eigenvalue weighted by molar-refractivity contribution is -0.158. The summed E-state index contributed by atoms with van der Waals surface area (Å²) in [5.74, 6) is -3.26. The summed E-state index contributed by atoms with van der Waals surface area (Å²) in [7, 11) is 0. The van der Waals surface area contributed by atoms with Crippen LogP contribution in [0.3, 0.4) is 0 Å². The molecule has 0 aromatic carbocycles. The molecule has 6 heteroatoms. The molecule has 0 heterocycles. The largest absolute Gasteiger partial charge is 0.460 e. The lowest BCUT2D eigenvalue weighted by Gasteiger charge is -1.97.